The molecule has 20 heavy (non-hydrogen) atoms. The highest BCUT2D eigenvalue weighted by molar-refractivity contribution is 6.00. The van der Waals surface area contributed by atoms with Gasteiger partial charge < -0.3 is 4.90 Å². The Kier molecular flexibility index (Phi) is 4.10. The fourth-order valence-electron chi connectivity index (χ4n) is 2.76. The highest BCUT2D eigenvalue weighted by Crippen LogP contribution is 2.26. The predicted octanol–water partition coefficient (Wildman–Crippen LogP) is 2.29. The van der Waals surface area contributed by atoms with Gasteiger partial charge in [0.15, 0.2) is 5.78 Å². The van der Waals surface area contributed by atoms with Gasteiger partial charge in [0.2, 0.25) is 0 Å². The van der Waals surface area contributed by atoms with E-state index in [-0.39, 0.29) is 5.78 Å². The van der Waals surface area contributed by atoms with Crippen molar-refractivity contribution in [3.63, 3.8) is 0 Å². The monoisotopic (exact) mass is 271 g/mol. The standard InChI is InChI=1S/C16H21N3O/c1-11-9-19(10-12(2)18(11)4)16-7-14(8-17)5-6-15(16)13(3)20/h5-7,11-12H,9-10H2,1-4H3. The molecular formula is C16H21N3O. The third-order valence-corrected chi connectivity index (χ3v) is 4.21. The number of rotatable bonds is 2. The molecule has 4 nitrogen and oxygen atoms in total. The van der Waals surface area contributed by atoms with Gasteiger partial charge in [0, 0.05) is 36.4 Å². The summed E-state index contributed by atoms with van der Waals surface area (Å²) < 4.78 is 0. The number of hydrogen-bond acceptors (Lipinski definition) is 4. The van der Waals surface area contributed by atoms with E-state index in [1.807, 2.05) is 6.07 Å². The second kappa shape index (κ2) is 5.64. The molecule has 2 atom stereocenters. The normalized spacial score (nSPS) is 23.4. The Hall–Kier alpha value is -1.86. The van der Waals surface area contributed by atoms with Gasteiger partial charge in [-0.2, -0.15) is 5.26 Å². The topological polar surface area (TPSA) is 47.3 Å². The Bertz CT molecular complexity index is 549. The summed E-state index contributed by atoms with van der Waals surface area (Å²) in [4.78, 5) is 16.4. The van der Waals surface area contributed by atoms with Crippen LogP contribution in [0.4, 0.5) is 5.69 Å². The molecule has 0 amide bonds. The molecule has 0 saturated carbocycles. The number of nitriles is 1. The molecule has 0 radical (unpaired) electrons. The molecule has 0 spiro atoms. The lowest BCUT2D eigenvalue weighted by molar-refractivity contribution is 0.101. The van der Waals surface area contributed by atoms with Crippen LogP contribution in [0.2, 0.25) is 0 Å². The molecule has 106 valence electrons. The average molecular weight is 271 g/mol. The summed E-state index contributed by atoms with van der Waals surface area (Å²) in [5.74, 6) is 0.0451. The smallest absolute Gasteiger partial charge is 0.161 e. The Morgan fingerprint density at radius 3 is 2.40 bits per heavy atom. The van der Waals surface area contributed by atoms with Crippen LogP contribution in [0, 0.1) is 11.3 Å². The Morgan fingerprint density at radius 1 is 1.30 bits per heavy atom. The minimum absolute atomic E-state index is 0.0451. The number of nitrogens with zero attached hydrogens (tertiary/aromatic N) is 3. The zero-order valence-corrected chi connectivity index (χ0v) is 12.6. The number of benzene rings is 1. The van der Waals surface area contributed by atoms with Crippen LogP contribution < -0.4 is 4.90 Å². The fourth-order valence-corrected chi connectivity index (χ4v) is 2.76. The number of carbonyl (C=O) groups excluding carboxylic acids is 1. The molecule has 2 rings (SSSR count). The first-order valence-electron chi connectivity index (χ1n) is 6.96. The highest BCUT2D eigenvalue weighted by atomic mass is 16.1. The number of hydrogen-bond donors (Lipinski definition) is 0. The third kappa shape index (κ3) is 2.68. The number of carbonyl (C=O) groups is 1. The van der Waals surface area contributed by atoms with Gasteiger partial charge in [-0.1, -0.05) is 0 Å². The van der Waals surface area contributed by atoms with Gasteiger partial charge in [-0.15, -0.1) is 0 Å². The van der Waals surface area contributed by atoms with E-state index in [1.54, 1.807) is 19.1 Å². The lowest BCUT2D eigenvalue weighted by Gasteiger charge is -2.44. The van der Waals surface area contributed by atoms with Crippen LogP contribution in [0.3, 0.4) is 0 Å². The zero-order valence-electron chi connectivity index (χ0n) is 12.6. The summed E-state index contributed by atoms with van der Waals surface area (Å²) in [6, 6.07) is 8.31. The van der Waals surface area contributed by atoms with E-state index in [2.05, 4.69) is 36.8 Å². The predicted molar refractivity (Wildman–Crippen MR) is 80.1 cm³/mol. The molecule has 1 saturated heterocycles. The Balaban J connectivity index is 2.41. The van der Waals surface area contributed by atoms with Crippen LogP contribution in [0.1, 0.15) is 36.7 Å². The van der Waals surface area contributed by atoms with E-state index < -0.39 is 0 Å². The van der Waals surface area contributed by atoms with E-state index >= 15 is 0 Å². The van der Waals surface area contributed by atoms with Gasteiger partial charge in [0.1, 0.15) is 0 Å². The second-order valence-corrected chi connectivity index (χ2v) is 5.67. The quantitative estimate of drug-likeness (QED) is 0.774. The van der Waals surface area contributed by atoms with Crippen molar-refractivity contribution in [2.24, 2.45) is 0 Å². The molecule has 0 aliphatic carbocycles. The van der Waals surface area contributed by atoms with Gasteiger partial charge in [-0.25, -0.2) is 0 Å². The first-order valence-corrected chi connectivity index (χ1v) is 6.96. The maximum absolute atomic E-state index is 11.8. The molecule has 1 aliphatic heterocycles. The summed E-state index contributed by atoms with van der Waals surface area (Å²) in [6.07, 6.45) is 0. The third-order valence-electron chi connectivity index (χ3n) is 4.21. The van der Waals surface area contributed by atoms with Crippen LogP contribution in [0.15, 0.2) is 18.2 Å². The van der Waals surface area contributed by atoms with Crippen LogP contribution in [-0.2, 0) is 0 Å². The summed E-state index contributed by atoms with van der Waals surface area (Å²) in [7, 11) is 2.13. The van der Waals surface area contributed by atoms with Gasteiger partial charge in [0.25, 0.3) is 0 Å². The largest absolute Gasteiger partial charge is 0.368 e. The Morgan fingerprint density at radius 2 is 1.90 bits per heavy atom. The van der Waals surface area contributed by atoms with Crippen molar-refractivity contribution >= 4 is 11.5 Å². The number of likely N-dealkylation sites (N-methyl/N-ethyl adjacent to an activating group) is 1. The molecule has 4 heteroatoms. The summed E-state index contributed by atoms with van der Waals surface area (Å²) >= 11 is 0. The van der Waals surface area contributed by atoms with E-state index in [0.717, 1.165) is 18.8 Å². The van der Waals surface area contributed by atoms with Gasteiger partial charge >= 0.3 is 0 Å². The van der Waals surface area contributed by atoms with E-state index in [0.29, 0.717) is 23.2 Å². The lowest BCUT2D eigenvalue weighted by atomic mass is 10.0. The first-order chi connectivity index (χ1) is 9.43. The minimum atomic E-state index is 0.0451. The molecular weight excluding hydrogens is 250 g/mol. The number of Topliss-reactive ketones (excluding diaryl/α,β-unsaturated/α-hetero) is 1. The zero-order chi connectivity index (χ0) is 14.9. The summed E-state index contributed by atoms with van der Waals surface area (Å²) in [6.45, 7) is 7.69. The van der Waals surface area contributed by atoms with Crippen molar-refractivity contribution in [2.45, 2.75) is 32.9 Å². The van der Waals surface area contributed by atoms with E-state index in [1.165, 1.54) is 0 Å². The molecule has 1 heterocycles. The van der Waals surface area contributed by atoms with Crippen molar-refractivity contribution in [2.75, 3.05) is 25.0 Å². The molecule has 1 aromatic rings. The molecule has 1 aliphatic rings. The SMILES string of the molecule is CC(=O)c1ccc(C#N)cc1N1CC(C)N(C)C(C)C1. The van der Waals surface area contributed by atoms with E-state index in [4.69, 9.17) is 5.26 Å². The van der Waals surface area contributed by atoms with E-state index in [9.17, 15) is 4.79 Å². The van der Waals surface area contributed by atoms with Crippen LogP contribution in [0.5, 0.6) is 0 Å². The van der Waals surface area contributed by atoms with Crippen LogP contribution >= 0.6 is 0 Å². The fraction of sp³-hybridized carbons (Fsp3) is 0.500. The number of anilines is 1. The summed E-state index contributed by atoms with van der Waals surface area (Å²) in [5, 5.41) is 9.07. The molecule has 1 fully saturated rings. The van der Waals surface area contributed by atoms with Gasteiger partial charge in [0.05, 0.1) is 11.6 Å². The van der Waals surface area contributed by atoms with Gasteiger partial charge in [-0.3, -0.25) is 9.69 Å². The molecule has 2 unspecified atom stereocenters. The lowest BCUT2D eigenvalue weighted by Crippen LogP contribution is -2.55. The summed E-state index contributed by atoms with van der Waals surface area (Å²) in [5.41, 5.74) is 2.19. The maximum Gasteiger partial charge on any atom is 0.161 e. The van der Waals surface area contributed by atoms with Crippen LogP contribution in [0.25, 0.3) is 0 Å². The van der Waals surface area contributed by atoms with Crippen molar-refractivity contribution < 1.29 is 4.79 Å². The van der Waals surface area contributed by atoms with Crippen molar-refractivity contribution in [3.05, 3.63) is 29.3 Å². The molecule has 0 N–H and O–H groups in total. The van der Waals surface area contributed by atoms with Crippen LogP contribution in [-0.4, -0.2) is 42.9 Å². The number of ketones is 1. The Labute approximate surface area is 120 Å². The highest BCUT2D eigenvalue weighted by Gasteiger charge is 2.28. The van der Waals surface area contributed by atoms with Crippen molar-refractivity contribution in [3.8, 4) is 6.07 Å². The second-order valence-electron chi connectivity index (χ2n) is 5.67. The number of piperazine rings is 1. The first kappa shape index (κ1) is 14.5. The minimum Gasteiger partial charge on any atom is -0.368 e. The molecule has 0 aromatic heterocycles. The molecule has 1 aromatic carbocycles. The maximum atomic E-state index is 11.8. The van der Waals surface area contributed by atoms with Gasteiger partial charge in [-0.05, 0) is 46.0 Å². The molecule has 0 bridgehead atoms. The van der Waals surface area contributed by atoms with Crippen molar-refractivity contribution in [1.82, 2.24) is 4.90 Å². The van der Waals surface area contributed by atoms with Crippen molar-refractivity contribution in [1.29, 1.82) is 5.26 Å². The average Bonchev–Trinajstić information content (AvgIpc) is 2.43.